The van der Waals surface area contributed by atoms with Crippen molar-refractivity contribution in [1.82, 2.24) is 25.1 Å². The molecule has 0 saturated carbocycles. The maximum Gasteiger partial charge on any atom is 0.446 e. The van der Waals surface area contributed by atoms with Gasteiger partial charge in [-0.2, -0.15) is 23.0 Å². The van der Waals surface area contributed by atoms with Gasteiger partial charge in [0, 0.05) is 16.5 Å². The average Bonchev–Trinajstić information content (AvgIpc) is 3.12. The van der Waals surface area contributed by atoms with Crippen LogP contribution in [0.15, 0.2) is 41.7 Å². The van der Waals surface area contributed by atoms with Gasteiger partial charge in [0.05, 0.1) is 12.7 Å². The van der Waals surface area contributed by atoms with Crippen molar-refractivity contribution < 1.29 is 26.7 Å². The molecule has 0 aliphatic heterocycles. The predicted molar refractivity (Wildman–Crippen MR) is 98.0 cm³/mol. The predicted octanol–water partition coefficient (Wildman–Crippen LogP) is 4.04. The molecule has 0 radical (unpaired) electrons. The largest absolute Gasteiger partial charge is 0.446 e. The van der Waals surface area contributed by atoms with Gasteiger partial charge in [0.1, 0.15) is 12.1 Å². The molecule has 6 nitrogen and oxygen atoms in total. The highest BCUT2D eigenvalue weighted by Crippen LogP contribution is 2.37. The third-order valence-electron chi connectivity index (χ3n) is 3.88. The number of rotatable bonds is 6. The number of carbonyl (C=O) groups excluding carboxylic acids is 1. The van der Waals surface area contributed by atoms with Crippen LogP contribution >= 0.6 is 11.8 Å². The van der Waals surface area contributed by atoms with E-state index >= 15 is 0 Å². The molecule has 0 aliphatic rings. The van der Waals surface area contributed by atoms with E-state index in [1.807, 2.05) is 0 Å². The highest BCUT2D eigenvalue weighted by Gasteiger charge is 2.29. The molecule has 0 fully saturated rings. The fraction of sp³-hybridized carbons (Fsp3) is 0.222. The number of halogens is 5. The van der Waals surface area contributed by atoms with Crippen LogP contribution in [-0.4, -0.2) is 31.2 Å². The van der Waals surface area contributed by atoms with Crippen LogP contribution in [0, 0.1) is 11.6 Å². The summed E-state index contributed by atoms with van der Waals surface area (Å²) >= 11 is -0.307. The van der Waals surface area contributed by atoms with Gasteiger partial charge in [-0.15, -0.1) is 0 Å². The van der Waals surface area contributed by atoms with E-state index in [-0.39, 0.29) is 40.4 Å². The Labute approximate surface area is 171 Å². The first kappa shape index (κ1) is 21.7. The van der Waals surface area contributed by atoms with E-state index in [0.29, 0.717) is 18.1 Å². The standard InChI is InChI=1S/C18H14F5N5OS/c1-2-10-3-11(5-13(4-10)30-18(21,22)23)17(29)25-8-15-26-9-27-28(15)16-14(20)6-12(19)7-24-16/h3-7,9H,2,8H2,1H3,(H,25,29). The SMILES string of the molecule is CCc1cc(SC(F)(F)F)cc(C(=O)NCc2ncnn2-c2ncc(F)cc2F)c1. The summed E-state index contributed by atoms with van der Waals surface area (Å²) in [6, 6.07) is 4.62. The lowest BCUT2D eigenvalue weighted by atomic mass is 10.1. The minimum atomic E-state index is -4.48. The van der Waals surface area contributed by atoms with Gasteiger partial charge in [-0.25, -0.2) is 18.7 Å². The molecule has 0 aliphatic carbocycles. The summed E-state index contributed by atoms with van der Waals surface area (Å²) in [5.41, 5.74) is -3.88. The second-order valence-electron chi connectivity index (χ2n) is 6.00. The number of aryl methyl sites for hydroxylation is 1. The summed E-state index contributed by atoms with van der Waals surface area (Å²) in [7, 11) is 0. The number of benzene rings is 1. The summed E-state index contributed by atoms with van der Waals surface area (Å²) in [4.78, 5) is 19.9. The summed E-state index contributed by atoms with van der Waals surface area (Å²) in [6.45, 7) is 1.54. The third-order valence-corrected chi connectivity index (χ3v) is 4.59. The molecule has 0 saturated heterocycles. The quantitative estimate of drug-likeness (QED) is 0.460. The number of hydrogen-bond acceptors (Lipinski definition) is 5. The topological polar surface area (TPSA) is 72.7 Å². The Morgan fingerprint density at radius 3 is 2.60 bits per heavy atom. The molecular formula is C18H14F5N5OS. The van der Waals surface area contributed by atoms with Crippen LogP contribution in [0.5, 0.6) is 0 Å². The van der Waals surface area contributed by atoms with Crippen molar-refractivity contribution in [1.29, 1.82) is 0 Å². The number of aromatic nitrogens is 4. The molecule has 12 heteroatoms. The molecule has 158 valence electrons. The normalized spacial score (nSPS) is 11.5. The van der Waals surface area contributed by atoms with E-state index in [4.69, 9.17) is 0 Å². The molecule has 30 heavy (non-hydrogen) atoms. The van der Waals surface area contributed by atoms with Gasteiger partial charge in [-0.3, -0.25) is 4.79 Å². The van der Waals surface area contributed by atoms with Crippen molar-refractivity contribution in [2.24, 2.45) is 0 Å². The number of nitrogens with one attached hydrogen (secondary N) is 1. The van der Waals surface area contributed by atoms with E-state index in [0.717, 1.165) is 23.3 Å². The Kier molecular flexibility index (Phi) is 6.34. The smallest absolute Gasteiger partial charge is 0.345 e. The molecule has 1 amide bonds. The lowest BCUT2D eigenvalue weighted by molar-refractivity contribution is -0.0328. The Bertz CT molecular complexity index is 1070. The van der Waals surface area contributed by atoms with Crippen LogP contribution in [0.3, 0.4) is 0 Å². The van der Waals surface area contributed by atoms with E-state index in [9.17, 15) is 26.7 Å². The molecule has 2 heterocycles. The minimum absolute atomic E-state index is 0.0400. The van der Waals surface area contributed by atoms with Gasteiger partial charge < -0.3 is 5.32 Å². The van der Waals surface area contributed by atoms with Crippen LogP contribution in [0.1, 0.15) is 28.7 Å². The first-order valence-electron chi connectivity index (χ1n) is 8.54. The number of nitrogens with zero attached hydrogens (tertiary/aromatic N) is 4. The summed E-state index contributed by atoms with van der Waals surface area (Å²) in [5.74, 6) is -2.70. The Balaban J connectivity index is 1.78. The fourth-order valence-corrected chi connectivity index (χ4v) is 3.24. The highest BCUT2D eigenvalue weighted by atomic mass is 32.2. The summed E-state index contributed by atoms with van der Waals surface area (Å²) in [5, 5.41) is 6.32. The number of alkyl halides is 3. The van der Waals surface area contributed by atoms with Crippen molar-refractivity contribution in [3.63, 3.8) is 0 Å². The molecule has 0 bridgehead atoms. The monoisotopic (exact) mass is 443 g/mol. The van der Waals surface area contributed by atoms with Crippen molar-refractivity contribution >= 4 is 17.7 Å². The lowest BCUT2D eigenvalue weighted by Gasteiger charge is -2.11. The van der Waals surface area contributed by atoms with Crippen LogP contribution in [-0.2, 0) is 13.0 Å². The average molecular weight is 443 g/mol. The van der Waals surface area contributed by atoms with E-state index in [1.165, 1.54) is 12.1 Å². The Hall–Kier alpha value is -3.02. The molecule has 0 unspecified atom stereocenters. The maximum absolute atomic E-state index is 13.9. The Morgan fingerprint density at radius 2 is 1.93 bits per heavy atom. The van der Waals surface area contributed by atoms with Gasteiger partial charge in [0.25, 0.3) is 5.91 Å². The molecule has 1 aromatic carbocycles. The first-order chi connectivity index (χ1) is 14.2. The lowest BCUT2D eigenvalue weighted by Crippen LogP contribution is -2.25. The summed E-state index contributed by atoms with van der Waals surface area (Å²) < 4.78 is 66.1. The zero-order chi connectivity index (χ0) is 21.9. The second-order valence-corrected chi connectivity index (χ2v) is 7.14. The van der Waals surface area contributed by atoms with Gasteiger partial charge in [0.15, 0.2) is 17.5 Å². The molecule has 2 aromatic heterocycles. The van der Waals surface area contributed by atoms with Crippen molar-refractivity contribution in [3.8, 4) is 5.82 Å². The van der Waals surface area contributed by atoms with Crippen LogP contribution in [0.25, 0.3) is 5.82 Å². The number of hydrogen-bond donors (Lipinski definition) is 1. The van der Waals surface area contributed by atoms with Gasteiger partial charge in [-0.05, 0) is 41.9 Å². The first-order valence-corrected chi connectivity index (χ1v) is 9.36. The van der Waals surface area contributed by atoms with Gasteiger partial charge in [-0.1, -0.05) is 6.92 Å². The Morgan fingerprint density at radius 1 is 1.17 bits per heavy atom. The molecule has 3 rings (SSSR count). The van der Waals surface area contributed by atoms with E-state index < -0.39 is 23.0 Å². The van der Waals surface area contributed by atoms with Crippen molar-refractivity contribution in [2.45, 2.75) is 30.3 Å². The van der Waals surface area contributed by atoms with E-state index in [2.05, 4.69) is 20.4 Å². The van der Waals surface area contributed by atoms with Gasteiger partial charge in [0.2, 0.25) is 0 Å². The van der Waals surface area contributed by atoms with Crippen LogP contribution in [0.2, 0.25) is 0 Å². The molecule has 3 aromatic rings. The zero-order valence-electron chi connectivity index (χ0n) is 15.4. The second kappa shape index (κ2) is 8.78. The molecule has 0 atom stereocenters. The summed E-state index contributed by atoms with van der Waals surface area (Å²) in [6.07, 6.45) is 2.34. The van der Waals surface area contributed by atoms with Crippen molar-refractivity contribution in [3.05, 3.63) is 65.4 Å². The number of carbonyl (C=O) groups is 1. The minimum Gasteiger partial charge on any atom is -0.345 e. The highest BCUT2D eigenvalue weighted by molar-refractivity contribution is 8.00. The zero-order valence-corrected chi connectivity index (χ0v) is 16.2. The molecule has 1 N–H and O–H groups in total. The molecule has 0 spiro atoms. The maximum atomic E-state index is 13.9. The van der Waals surface area contributed by atoms with Crippen molar-refractivity contribution in [2.75, 3.05) is 0 Å². The number of amides is 1. The molecular weight excluding hydrogens is 429 g/mol. The number of pyridine rings is 1. The fourth-order valence-electron chi connectivity index (χ4n) is 2.58. The van der Waals surface area contributed by atoms with Gasteiger partial charge >= 0.3 is 5.51 Å². The van der Waals surface area contributed by atoms with E-state index in [1.54, 1.807) is 6.92 Å². The third kappa shape index (κ3) is 5.32. The van der Waals surface area contributed by atoms with Crippen LogP contribution in [0.4, 0.5) is 22.0 Å². The van der Waals surface area contributed by atoms with Crippen LogP contribution < -0.4 is 5.32 Å². The number of thioether (sulfide) groups is 1.